The predicted octanol–water partition coefficient (Wildman–Crippen LogP) is 1.76. The first-order chi connectivity index (χ1) is 8.46. The number of halogens is 3. The van der Waals surface area contributed by atoms with Gasteiger partial charge in [0, 0.05) is 25.1 Å². The van der Waals surface area contributed by atoms with E-state index in [-0.39, 0.29) is 18.8 Å². The zero-order chi connectivity index (χ0) is 13.6. The monoisotopic (exact) mass is 264 g/mol. The average molecular weight is 264 g/mol. The summed E-state index contributed by atoms with van der Waals surface area (Å²) < 4.78 is 48.0. The smallest absolute Gasteiger partial charge is 0.382 e. The van der Waals surface area contributed by atoms with Gasteiger partial charge in [-0.2, -0.15) is 13.2 Å². The predicted molar refractivity (Wildman–Crippen MR) is 58.9 cm³/mol. The van der Waals surface area contributed by atoms with Gasteiger partial charge in [-0.3, -0.25) is 4.98 Å². The lowest BCUT2D eigenvalue weighted by Gasteiger charge is -2.17. The third-order valence-electron chi connectivity index (χ3n) is 2.29. The van der Waals surface area contributed by atoms with Crippen LogP contribution >= 0.6 is 0 Å². The van der Waals surface area contributed by atoms with Gasteiger partial charge in [-0.1, -0.05) is 0 Å². The molecule has 0 fully saturated rings. The van der Waals surface area contributed by atoms with Crippen LogP contribution in [-0.2, 0) is 15.7 Å². The highest BCUT2D eigenvalue weighted by molar-refractivity contribution is 5.29. The molecule has 0 aromatic carbocycles. The number of nitrogens with zero attached hydrogens (tertiary/aromatic N) is 1. The van der Waals surface area contributed by atoms with Gasteiger partial charge < -0.3 is 15.2 Å². The summed E-state index contributed by atoms with van der Waals surface area (Å²) in [6.07, 6.45) is -2.24. The average Bonchev–Trinajstić information content (AvgIpc) is 2.33. The van der Waals surface area contributed by atoms with Gasteiger partial charge >= 0.3 is 6.18 Å². The molecule has 0 spiro atoms. The van der Waals surface area contributed by atoms with Crippen LogP contribution in [0.4, 0.5) is 13.2 Å². The fraction of sp³-hybridized carbons (Fsp3) is 0.545. The van der Waals surface area contributed by atoms with Crippen molar-refractivity contribution >= 4 is 0 Å². The highest BCUT2D eigenvalue weighted by Crippen LogP contribution is 2.33. The quantitative estimate of drug-likeness (QED) is 0.795. The molecule has 18 heavy (non-hydrogen) atoms. The van der Waals surface area contributed by atoms with Crippen molar-refractivity contribution in [3.63, 3.8) is 0 Å². The highest BCUT2D eigenvalue weighted by atomic mass is 19.4. The molecular formula is C11H15F3N2O2. The number of rotatable bonds is 6. The normalized spacial score (nSPS) is 13.6. The molecule has 1 unspecified atom stereocenters. The van der Waals surface area contributed by atoms with E-state index in [1.165, 1.54) is 7.11 Å². The highest BCUT2D eigenvalue weighted by Gasteiger charge is 2.34. The van der Waals surface area contributed by atoms with Crippen LogP contribution < -0.4 is 5.73 Å². The van der Waals surface area contributed by atoms with E-state index in [9.17, 15) is 13.2 Å². The topological polar surface area (TPSA) is 57.4 Å². The van der Waals surface area contributed by atoms with Crippen LogP contribution in [0.15, 0.2) is 18.5 Å². The molecule has 1 aromatic heterocycles. The van der Waals surface area contributed by atoms with E-state index < -0.39 is 17.8 Å². The maximum atomic E-state index is 12.7. The lowest BCUT2D eigenvalue weighted by molar-refractivity contribution is -0.138. The second-order valence-electron chi connectivity index (χ2n) is 3.63. The summed E-state index contributed by atoms with van der Waals surface area (Å²) in [4.78, 5) is 3.66. The molecule has 0 radical (unpaired) electrons. The number of hydrogen-bond acceptors (Lipinski definition) is 4. The maximum Gasteiger partial charge on any atom is 0.416 e. The second kappa shape index (κ2) is 6.67. The lowest BCUT2D eigenvalue weighted by atomic mass is 10.0. The molecule has 0 bridgehead atoms. The zero-order valence-electron chi connectivity index (χ0n) is 9.91. The number of pyridine rings is 1. The number of aromatic nitrogens is 1. The molecule has 4 nitrogen and oxygen atoms in total. The Morgan fingerprint density at radius 3 is 2.72 bits per heavy atom. The molecule has 0 amide bonds. The molecule has 2 N–H and O–H groups in total. The zero-order valence-corrected chi connectivity index (χ0v) is 9.91. The fourth-order valence-corrected chi connectivity index (χ4v) is 1.40. The molecule has 0 saturated carbocycles. The van der Waals surface area contributed by atoms with Gasteiger partial charge in [0.15, 0.2) is 0 Å². The van der Waals surface area contributed by atoms with Crippen molar-refractivity contribution in [3.8, 4) is 0 Å². The van der Waals surface area contributed by atoms with Crippen LogP contribution in [0.1, 0.15) is 17.2 Å². The van der Waals surface area contributed by atoms with Crippen LogP contribution in [0.2, 0.25) is 0 Å². The Hall–Kier alpha value is -1.18. The largest absolute Gasteiger partial charge is 0.416 e. The van der Waals surface area contributed by atoms with Gasteiger partial charge in [-0.25, -0.2) is 0 Å². The number of ether oxygens (including phenoxy) is 2. The van der Waals surface area contributed by atoms with Crippen LogP contribution in [0, 0.1) is 0 Å². The number of alkyl halides is 3. The summed E-state index contributed by atoms with van der Waals surface area (Å²) in [5.74, 6) is 0. The third-order valence-corrected chi connectivity index (χ3v) is 2.29. The molecule has 102 valence electrons. The molecule has 1 atom stereocenters. The van der Waals surface area contributed by atoms with Gasteiger partial charge in [0.25, 0.3) is 0 Å². The van der Waals surface area contributed by atoms with Crippen molar-refractivity contribution in [1.82, 2.24) is 4.98 Å². The molecule has 1 aromatic rings. The van der Waals surface area contributed by atoms with E-state index in [0.29, 0.717) is 6.61 Å². The van der Waals surface area contributed by atoms with E-state index in [4.69, 9.17) is 15.2 Å². The first-order valence-corrected chi connectivity index (χ1v) is 5.30. The van der Waals surface area contributed by atoms with Gasteiger partial charge in [0.1, 0.15) is 0 Å². The summed E-state index contributed by atoms with van der Waals surface area (Å²) in [6.45, 7) is 0.635. The molecule has 0 saturated heterocycles. The summed E-state index contributed by atoms with van der Waals surface area (Å²) >= 11 is 0. The Balaban J connectivity index is 2.70. The summed E-state index contributed by atoms with van der Waals surface area (Å²) in [5, 5.41) is 0. The van der Waals surface area contributed by atoms with Crippen molar-refractivity contribution in [1.29, 1.82) is 0 Å². The fourth-order valence-electron chi connectivity index (χ4n) is 1.40. The maximum absolute atomic E-state index is 12.7. The van der Waals surface area contributed by atoms with Gasteiger partial charge in [-0.15, -0.1) is 0 Å². The van der Waals surface area contributed by atoms with Crippen molar-refractivity contribution < 1.29 is 22.6 Å². The third kappa shape index (κ3) is 4.25. The van der Waals surface area contributed by atoms with E-state index in [0.717, 1.165) is 18.5 Å². The van der Waals surface area contributed by atoms with Crippen LogP contribution in [0.5, 0.6) is 0 Å². The molecule has 7 heteroatoms. The van der Waals surface area contributed by atoms with Crippen LogP contribution in [-0.4, -0.2) is 31.9 Å². The number of hydrogen-bond donors (Lipinski definition) is 1. The van der Waals surface area contributed by atoms with E-state index in [1.807, 2.05) is 0 Å². The van der Waals surface area contributed by atoms with E-state index in [1.54, 1.807) is 0 Å². The molecule has 1 rings (SSSR count). The SMILES string of the molecule is COCCOCC(N)c1cnccc1C(F)(F)F. The summed E-state index contributed by atoms with van der Waals surface area (Å²) in [7, 11) is 1.51. The second-order valence-corrected chi connectivity index (χ2v) is 3.63. The Morgan fingerprint density at radius 1 is 1.39 bits per heavy atom. The standard InChI is InChI=1S/C11H15F3N2O2/c1-17-4-5-18-7-10(15)8-6-16-3-2-9(8)11(12,13)14/h2-3,6,10H,4-5,7,15H2,1H3. The minimum Gasteiger partial charge on any atom is -0.382 e. The van der Waals surface area contributed by atoms with Crippen LogP contribution in [0.25, 0.3) is 0 Å². The molecule has 0 aliphatic rings. The van der Waals surface area contributed by atoms with Crippen molar-refractivity contribution in [2.24, 2.45) is 5.73 Å². The Kier molecular flexibility index (Phi) is 5.52. The molecular weight excluding hydrogens is 249 g/mol. The van der Waals surface area contributed by atoms with Crippen molar-refractivity contribution in [2.75, 3.05) is 26.9 Å². The van der Waals surface area contributed by atoms with Gasteiger partial charge in [-0.05, 0) is 6.07 Å². The van der Waals surface area contributed by atoms with Gasteiger partial charge in [0.05, 0.1) is 31.4 Å². The van der Waals surface area contributed by atoms with E-state index in [2.05, 4.69) is 4.98 Å². The summed E-state index contributed by atoms with van der Waals surface area (Å²) in [5.41, 5.74) is 4.82. The Morgan fingerprint density at radius 2 is 2.11 bits per heavy atom. The van der Waals surface area contributed by atoms with Crippen molar-refractivity contribution in [3.05, 3.63) is 29.6 Å². The molecule has 1 heterocycles. The number of nitrogens with two attached hydrogens (primary N) is 1. The minimum absolute atomic E-state index is 0.0157. The lowest BCUT2D eigenvalue weighted by Crippen LogP contribution is -2.22. The first kappa shape index (κ1) is 14.9. The number of methoxy groups -OCH3 is 1. The summed E-state index contributed by atoms with van der Waals surface area (Å²) in [6, 6.07) is 0.0387. The van der Waals surface area contributed by atoms with Crippen LogP contribution in [0.3, 0.4) is 0 Å². The Labute approximate surface area is 103 Å². The van der Waals surface area contributed by atoms with Gasteiger partial charge in [0.2, 0.25) is 0 Å². The first-order valence-electron chi connectivity index (χ1n) is 5.30. The minimum atomic E-state index is -4.44. The molecule has 0 aliphatic carbocycles. The van der Waals surface area contributed by atoms with E-state index >= 15 is 0 Å². The van der Waals surface area contributed by atoms with Crippen molar-refractivity contribution in [2.45, 2.75) is 12.2 Å². The Bertz CT molecular complexity index is 372. The molecule has 0 aliphatic heterocycles.